The molecule has 10 heteroatoms. The zero-order valence-electron chi connectivity index (χ0n) is 18.4. The van der Waals surface area contributed by atoms with E-state index >= 15 is 4.39 Å². The third kappa shape index (κ3) is 2.70. The molecule has 6 rings (SSSR count). The maximum absolute atomic E-state index is 17.2. The molecule has 3 aromatic heterocycles. The quantitative estimate of drug-likeness (QED) is 0.426. The van der Waals surface area contributed by atoms with Crippen LogP contribution >= 0.6 is 0 Å². The molecule has 1 unspecified atom stereocenters. The zero-order chi connectivity index (χ0) is 23.8. The lowest BCUT2D eigenvalue weighted by molar-refractivity contribution is 0.222. The molecule has 2 N–H and O–H groups in total. The fourth-order valence-corrected chi connectivity index (χ4v) is 5.02. The van der Waals surface area contributed by atoms with Crippen molar-refractivity contribution >= 4 is 5.82 Å². The van der Waals surface area contributed by atoms with Gasteiger partial charge in [0.15, 0.2) is 22.9 Å². The van der Waals surface area contributed by atoms with Crippen LogP contribution in [0, 0.1) is 17.1 Å². The van der Waals surface area contributed by atoms with Crippen LogP contribution in [0.2, 0.25) is 0 Å². The van der Waals surface area contributed by atoms with Gasteiger partial charge >= 0.3 is 0 Å². The Balaban J connectivity index is 1.75. The molecule has 0 radical (unpaired) electrons. The van der Waals surface area contributed by atoms with Crippen LogP contribution in [0.4, 0.5) is 14.6 Å². The molecule has 2 bridgehead atoms. The summed E-state index contributed by atoms with van der Waals surface area (Å²) < 4.78 is 40.8. The smallest absolute Gasteiger partial charge is 0.183 e. The average molecular weight is 459 g/mol. The third-order valence-electron chi connectivity index (χ3n) is 6.54. The first-order valence-electron chi connectivity index (χ1n) is 10.8. The lowest BCUT2D eigenvalue weighted by atomic mass is 9.85. The van der Waals surface area contributed by atoms with E-state index in [2.05, 4.69) is 21.3 Å². The molecular formula is C24H19F2N7O. The summed E-state index contributed by atoms with van der Waals surface area (Å²) in [4.78, 5) is 4.23. The molecule has 0 spiro atoms. The summed E-state index contributed by atoms with van der Waals surface area (Å²) in [6.45, 7) is 2.04. The summed E-state index contributed by atoms with van der Waals surface area (Å²) in [5, 5.41) is 18.7. The van der Waals surface area contributed by atoms with Gasteiger partial charge in [0, 0.05) is 60.2 Å². The Labute approximate surface area is 193 Å². The van der Waals surface area contributed by atoms with Crippen LogP contribution in [-0.2, 0) is 19.3 Å². The van der Waals surface area contributed by atoms with Crippen LogP contribution in [-0.4, -0.2) is 24.5 Å². The highest BCUT2D eigenvalue weighted by atomic mass is 19.1. The zero-order valence-corrected chi connectivity index (χ0v) is 18.4. The van der Waals surface area contributed by atoms with E-state index in [1.54, 1.807) is 32.3 Å². The number of nitrogens with zero attached hydrogens (tertiary/aromatic N) is 6. The molecule has 0 fully saturated rings. The highest BCUT2D eigenvalue weighted by molar-refractivity contribution is 5.78. The predicted molar refractivity (Wildman–Crippen MR) is 119 cm³/mol. The molecule has 0 aliphatic carbocycles. The van der Waals surface area contributed by atoms with Gasteiger partial charge in [-0.3, -0.25) is 9.36 Å². The summed E-state index contributed by atoms with van der Waals surface area (Å²) in [6, 6.07) is 7.97. The minimum atomic E-state index is -1.99. The topological polar surface area (TPSA) is 108 Å². The van der Waals surface area contributed by atoms with Crippen molar-refractivity contribution in [3.8, 4) is 34.2 Å². The number of anilines is 1. The first-order chi connectivity index (χ1) is 16.3. The number of rotatable bonds is 0. The molecular weight excluding hydrogens is 440 g/mol. The Morgan fingerprint density at radius 2 is 2.12 bits per heavy atom. The average Bonchev–Trinajstić information content (AvgIpc) is 3.48. The van der Waals surface area contributed by atoms with Gasteiger partial charge in [0.1, 0.15) is 18.0 Å². The molecule has 2 aliphatic rings. The molecule has 5 heterocycles. The van der Waals surface area contributed by atoms with Gasteiger partial charge in [0.25, 0.3) is 0 Å². The van der Waals surface area contributed by atoms with Crippen molar-refractivity contribution in [1.29, 1.82) is 5.26 Å². The van der Waals surface area contributed by atoms with E-state index in [-0.39, 0.29) is 35.9 Å². The highest BCUT2D eigenvalue weighted by Gasteiger charge is 2.48. The first kappa shape index (κ1) is 20.4. The summed E-state index contributed by atoms with van der Waals surface area (Å²) >= 11 is 0. The number of benzene rings is 1. The second-order valence-electron chi connectivity index (χ2n) is 8.62. The van der Waals surface area contributed by atoms with Gasteiger partial charge in [0.2, 0.25) is 0 Å². The minimum absolute atomic E-state index is 0.0901. The third-order valence-corrected chi connectivity index (χ3v) is 6.54. The number of hydrogen-bond donors (Lipinski definition) is 1. The van der Waals surface area contributed by atoms with Crippen molar-refractivity contribution in [3.63, 3.8) is 0 Å². The van der Waals surface area contributed by atoms with Gasteiger partial charge < -0.3 is 10.5 Å². The van der Waals surface area contributed by atoms with Crippen molar-refractivity contribution in [1.82, 2.24) is 24.5 Å². The lowest BCUT2D eigenvalue weighted by Gasteiger charge is -2.24. The number of alkyl halides is 1. The number of aryl methyl sites for hydroxylation is 2. The van der Waals surface area contributed by atoms with Crippen LogP contribution < -0.4 is 10.5 Å². The minimum Gasteiger partial charge on any atom is -0.482 e. The number of halogens is 2. The van der Waals surface area contributed by atoms with Crippen LogP contribution in [0.3, 0.4) is 0 Å². The van der Waals surface area contributed by atoms with Gasteiger partial charge in [0.05, 0.1) is 11.4 Å². The second kappa shape index (κ2) is 6.87. The SMILES string of the molecule is C[C@H]1Oc2cc(cnc2N)-c2c(C#N)nn3c2C(F)(CC3)c2cn(C)nc2-c2ccc(F)cc21. The number of pyridine rings is 1. The predicted octanol–water partition coefficient (Wildman–Crippen LogP) is 4.01. The van der Waals surface area contributed by atoms with Crippen molar-refractivity contribution in [2.24, 2.45) is 7.05 Å². The Morgan fingerprint density at radius 3 is 2.91 bits per heavy atom. The molecule has 2 atom stereocenters. The summed E-state index contributed by atoms with van der Waals surface area (Å²) in [5.41, 5.74) is 7.00. The summed E-state index contributed by atoms with van der Waals surface area (Å²) in [5.74, 6) is -0.0835. The summed E-state index contributed by atoms with van der Waals surface area (Å²) in [6.07, 6.45) is 2.57. The van der Waals surface area contributed by atoms with Crippen molar-refractivity contribution in [3.05, 3.63) is 65.0 Å². The maximum Gasteiger partial charge on any atom is 0.183 e. The van der Waals surface area contributed by atoms with Crippen LogP contribution in [0.15, 0.2) is 36.7 Å². The Kier molecular flexibility index (Phi) is 4.11. The first-order valence-corrected chi connectivity index (χ1v) is 10.8. The molecule has 1 aromatic carbocycles. The summed E-state index contributed by atoms with van der Waals surface area (Å²) in [7, 11) is 1.71. The fourth-order valence-electron chi connectivity index (χ4n) is 5.02. The Bertz CT molecular complexity index is 1530. The number of nitrogens with two attached hydrogens (primary N) is 1. The van der Waals surface area contributed by atoms with E-state index in [0.29, 0.717) is 33.5 Å². The van der Waals surface area contributed by atoms with Crippen molar-refractivity contribution in [2.75, 3.05) is 5.73 Å². The van der Waals surface area contributed by atoms with E-state index in [1.165, 1.54) is 27.7 Å². The normalized spacial score (nSPS) is 20.3. The van der Waals surface area contributed by atoms with E-state index < -0.39 is 17.6 Å². The fraction of sp³-hybridized carbons (Fsp3) is 0.250. The van der Waals surface area contributed by atoms with Gasteiger partial charge in [-0.1, -0.05) is 0 Å². The van der Waals surface area contributed by atoms with Gasteiger partial charge in [-0.05, 0) is 31.2 Å². The number of nitriles is 1. The maximum atomic E-state index is 17.2. The standard InChI is InChI=1S/C24H19F2N7O/c1-12-16-8-14(25)3-4-15(16)21-17(11-32(2)31-21)24(26)5-6-33-22(24)20(18(9-27)30-33)13-7-19(34-12)23(28)29-10-13/h3-4,7-8,10-12H,5-6H2,1-2H3,(H2,28,29)/t12-,24?/m1/s1. The van der Waals surface area contributed by atoms with E-state index in [4.69, 9.17) is 10.5 Å². The largest absolute Gasteiger partial charge is 0.482 e. The number of nitrogen functional groups attached to an aromatic ring is 1. The number of fused-ring (bicyclic) bond motifs is 7. The molecule has 0 saturated carbocycles. The number of hydrogen-bond acceptors (Lipinski definition) is 6. The molecule has 4 aromatic rings. The van der Waals surface area contributed by atoms with Crippen LogP contribution in [0.25, 0.3) is 22.4 Å². The van der Waals surface area contributed by atoms with Gasteiger partial charge in [-0.15, -0.1) is 0 Å². The molecule has 8 nitrogen and oxygen atoms in total. The lowest BCUT2D eigenvalue weighted by Crippen LogP contribution is -2.20. The van der Waals surface area contributed by atoms with E-state index in [0.717, 1.165) is 0 Å². The van der Waals surface area contributed by atoms with E-state index in [9.17, 15) is 9.65 Å². The highest BCUT2D eigenvalue weighted by Crippen LogP contribution is 2.51. The van der Waals surface area contributed by atoms with E-state index in [1.807, 2.05) is 0 Å². The molecule has 0 saturated heterocycles. The number of ether oxygens (including phenoxy) is 1. The molecule has 0 amide bonds. The molecule has 34 heavy (non-hydrogen) atoms. The second-order valence-corrected chi connectivity index (χ2v) is 8.62. The van der Waals surface area contributed by atoms with Gasteiger partial charge in [-0.2, -0.15) is 15.5 Å². The van der Waals surface area contributed by atoms with Crippen LogP contribution in [0.1, 0.15) is 42.0 Å². The van der Waals surface area contributed by atoms with Crippen LogP contribution in [0.5, 0.6) is 5.75 Å². The molecule has 170 valence electrons. The van der Waals surface area contributed by atoms with Crippen molar-refractivity contribution < 1.29 is 13.5 Å². The molecule has 2 aliphatic heterocycles. The number of aromatic nitrogens is 5. The Morgan fingerprint density at radius 1 is 1.29 bits per heavy atom. The monoisotopic (exact) mass is 459 g/mol. The Hall–Kier alpha value is -4.26. The van der Waals surface area contributed by atoms with Gasteiger partial charge in [-0.25, -0.2) is 13.8 Å². The van der Waals surface area contributed by atoms with Crippen molar-refractivity contribution in [2.45, 2.75) is 31.7 Å².